The lowest BCUT2D eigenvalue weighted by Gasteiger charge is -2.04. The molecule has 104 valence electrons. The van der Waals surface area contributed by atoms with Crippen LogP contribution >= 0.6 is 11.6 Å². The Morgan fingerprint density at radius 1 is 1.05 bits per heavy atom. The van der Waals surface area contributed by atoms with Crippen molar-refractivity contribution >= 4 is 17.4 Å². The quantitative estimate of drug-likeness (QED) is 0.695. The molecule has 0 N–H and O–H groups in total. The lowest BCUT2D eigenvalue weighted by Crippen LogP contribution is -2.13. The van der Waals surface area contributed by atoms with E-state index in [1.165, 1.54) is 4.68 Å². The molecule has 2 aromatic carbocycles. The SMILES string of the molecule is O=C(Cn1nnnc1-c1ccc(Cl)cc1)c1ccccc1. The third-order valence-corrected chi connectivity index (χ3v) is 3.28. The van der Waals surface area contributed by atoms with Crippen LogP contribution < -0.4 is 0 Å². The van der Waals surface area contributed by atoms with E-state index in [2.05, 4.69) is 15.5 Å². The van der Waals surface area contributed by atoms with Crippen LogP contribution in [0.2, 0.25) is 5.02 Å². The van der Waals surface area contributed by atoms with Crippen molar-refractivity contribution in [2.75, 3.05) is 0 Å². The molecular weight excluding hydrogens is 288 g/mol. The summed E-state index contributed by atoms with van der Waals surface area (Å²) in [7, 11) is 0. The molecule has 0 saturated heterocycles. The summed E-state index contributed by atoms with van der Waals surface area (Å²) in [6.07, 6.45) is 0. The van der Waals surface area contributed by atoms with Crippen LogP contribution in [0, 0.1) is 0 Å². The minimum absolute atomic E-state index is 0.0434. The Kier molecular flexibility index (Phi) is 3.75. The molecule has 0 aliphatic carbocycles. The fourth-order valence-electron chi connectivity index (χ4n) is 1.97. The highest BCUT2D eigenvalue weighted by Gasteiger charge is 2.13. The van der Waals surface area contributed by atoms with Gasteiger partial charge in [-0.3, -0.25) is 4.79 Å². The van der Waals surface area contributed by atoms with Gasteiger partial charge in [0, 0.05) is 16.1 Å². The molecule has 0 fully saturated rings. The highest BCUT2D eigenvalue weighted by molar-refractivity contribution is 6.30. The van der Waals surface area contributed by atoms with E-state index in [9.17, 15) is 4.79 Å². The number of carbonyl (C=O) groups is 1. The molecule has 1 heterocycles. The molecular formula is C15H11ClN4O. The van der Waals surface area contributed by atoms with Crippen LogP contribution in [0.1, 0.15) is 10.4 Å². The molecule has 0 bridgehead atoms. The number of ketones is 1. The van der Waals surface area contributed by atoms with E-state index in [4.69, 9.17) is 11.6 Å². The number of aromatic nitrogens is 4. The zero-order valence-electron chi connectivity index (χ0n) is 11.0. The normalized spacial score (nSPS) is 10.5. The van der Waals surface area contributed by atoms with E-state index in [0.717, 1.165) is 5.56 Å². The number of nitrogens with zero attached hydrogens (tertiary/aromatic N) is 4. The highest BCUT2D eigenvalue weighted by atomic mass is 35.5. The van der Waals surface area contributed by atoms with Crippen molar-refractivity contribution in [3.05, 3.63) is 65.2 Å². The second kappa shape index (κ2) is 5.85. The molecule has 3 aromatic rings. The van der Waals surface area contributed by atoms with Gasteiger partial charge in [-0.25, -0.2) is 4.68 Å². The predicted molar refractivity (Wildman–Crippen MR) is 79.0 cm³/mol. The van der Waals surface area contributed by atoms with Gasteiger partial charge in [0.1, 0.15) is 6.54 Å². The third-order valence-electron chi connectivity index (χ3n) is 3.02. The van der Waals surface area contributed by atoms with Crippen molar-refractivity contribution in [1.29, 1.82) is 0 Å². The lowest BCUT2D eigenvalue weighted by molar-refractivity contribution is 0.0967. The zero-order chi connectivity index (χ0) is 14.7. The number of tetrazole rings is 1. The molecule has 3 rings (SSSR count). The summed E-state index contributed by atoms with van der Waals surface area (Å²) >= 11 is 5.86. The molecule has 0 radical (unpaired) electrons. The number of halogens is 1. The van der Waals surface area contributed by atoms with Crippen molar-refractivity contribution in [3.8, 4) is 11.4 Å². The van der Waals surface area contributed by atoms with Gasteiger partial charge in [0.05, 0.1) is 0 Å². The Morgan fingerprint density at radius 3 is 2.48 bits per heavy atom. The van der Waals surface area contributed by atoms with Gasteiger partial charge in [-0.05, 0) is 34.7 Å². The van der Waals surface area contributed by atoms with Gasteiger partial charge >= 0.3 is 0 Å². The Bertz CT molecular complexity index is 753. The smallest absolute Gasteiger partial charge is 0.184 e. The summed E-state index contributed by atoms with van der Waals surface area (Å²) in [5.74, 6) is 0.495. The average molecular weight is 299 g/mol. The van der Waals surface area contributed by atoms with E-state index in [0.29, 0.717) is 16.4 Å². The second-order valence-electron chi connectivity index (χ2n) is 4.46. The summed E-state index contributed by atoms with van der Waals surface area (Å²) in [5.41, 5.74) is 1.44. The molecule has 1 aromatic heterocycles. The largest absolute Gasteiger partial charge is 0.292 e. The maximum Gasteiger partial charge on any atom is 0.184 e. The topological polar surface area (TPSA) is 60.7 Å². The van der Waals surface area contributed by atoms with Gasteiger partial charge < -0.3 is 0 Å². The first-order valence-corrected chi connectivity index (χ1v) is 6.72. The van der Waals surface area contributed by atoms with Crippen molar-refractivity contribution in [2.24, 2.45) is 0 Å². The van der Waals surface area contributed by atoms with Gasteiger partial charge in [0.25, 0.3) is 0 Å². The molecule has 0 atom stereocenters. The monoisotopic (exact) mass is 298 g/mol. The summed E-state index contributed by atoms with van der Waals surface area (Å²) < 4.78 is 1.48. The highest BCUT2D eigenvalue weighted by Crippen LogP contribution is 2.19. The fourth-order valence-corrected chi connectivity index (χ4v) is 2.09. The van der Waals surface area contributed by atoms with Gasteiger partial charge in [-0.1, -0.05) is 41.9 Å². The molecule has 6 heteroatoms. The summed E-state index contributed by atoms with van der Waals surface area (Å²) in [6.45, 7) is 0.0922. The maximum atomic E-state index is 12.2. The van der Waals surface area contributed by atoms with Crippen molar-refractivity contribution < 1.29 is 4.79 Å². The second-order valence-corrected chi connectivity index (χ2v) is 4.89. The van der Waals surface area contributed by atoms with Gasteiger partial charge in [-0.15, -0.1) is 5.10 Å². The molecule has 21 heavy (non-hydrogen) atoms. The van der Waals surface area contributed by atoms with Gasteiger partial charge in [-0.2, -0.15) is 0 Å². The minimum Gasteiger partial charge on any atom is -0.292 e. The molecule has 0 unspecified atom stereocenters. The van der Waals surface area contributed by atoms with Crippen LogP contribution in [0.5, 0.6) is 0 Å². The van der Waals surface area contributed by atoms with Crippen LogP contribution in [-0.2, 0) is 6.54 Å². The minimum atomic E-state index is -0.0434. The number of hydrogen-bond acceptors (Lipinski definition) is 4. The van der Waals surface area contributed by atoms with Crippen molar-refractivity contribution in [3.63, 3.8) is 0 Å². The van der Waals surface area contributed by atoms with E-state index in [-0.39, 0.29) is 12.3 Å². The number of benzene rings is 2. The van der Waals surface area contributed by atoms with Crippen LogP contribution in [0.3, 0.4) is 0 Å². The van der Waals surface area contributed by atoms with Crippen molar-refractivity contribution in [1.82, 2.24) is 20.2 Å². The number of hydrogen-bond donors (Lipinski definition) is 0. The molecule has 5 nitrogen and oxygen atoms in total. The first-order chi connectivity index (χ1) is 10.2. The third kappa shape index (κ3) is 2.98. The lowest BCUT2D eigenvalue weighted by atomic mass is 10.1. The fraction of sp³-hybridized carbons (Fsp3) is 0.0667. The number of carbonyl (C=O) groups excluding carboxylic acids is 1. The van der Waals surface area contributed by atoms with Gasteiger partial charge in [0.2, 0.25) is 0 Å². The Balaban J connectivity index is 1.86. The molecule has 0 aliphatic heterocycles. The number of Topliss-reactive ketones (excluding diaryl/α,β-unsaturated/α-hetero) is 1. The Labute approximate surface area is 126 Å². The molecule has 0 amide bonds. The first-order valence-electron chi connectivity index (χ1n) is 6.34. The van der Waals surface area contributed by atoms with Crippen LogP contribution in [-0.4, -0.2) is 26.0 Å². The maximum absolute atomic E-state index is 12.2. The number of rotatable bonds is 4. The Hall–Kier alpha value is -2.53. The summed E-state index contributed by atoms with van der Waals surface area (Å²) in [5, 5.41) is 12.1. The Morgan fingerprint density at radius 2 is 1.76 bits per heavy atom. The zero-order valence-corrected chi connectivity index (χ0v) is 11.7. The average Bonchev–Trinajstić information content (AvgIpc) is 2.97. The molecule has 0 spiro atoms. The summed E-state index contributed by atoms with van der Waals surface area (Å²) in [4.78, 5) is 12.2. The first kappa shape index (κ1) is 13.5. The van der Waals surface area contributed by atoms with E-state index in [1.54, 1.807) is 24.3 Å². The van der Waals surface area contributed by atoms with Crippen molar-refractivity contribution in [2.45, 2.75) is 6.54 Å². The van der Waals surface area contributed by atoms with Gasteiger partial charge in [0.15, 0.2) is 11.6 Å². The molecule has 0 saturated carbocycles. The predicted octanol–water partition coefficient (Wildman–Crippen LogP) is 2.88. The molecule has 0 aliphatic rings. The van der Waals surface area contributed by atoms with Crippen LogP contribution in [0.4, 0.5) is 0 Å². The standard InChI is InChI=1S/C15H11ClN4O/c16-13-8-6-12(7-9-13)15-17-18-19-20(15)10-14(21)11-4-2-1-3-5-11/h1-9H,10H2. The summed E-state index contributed by atoms with van der Waals surface area (Å²) in [6, 6.07) is 16.2. The van der Waals surface area contributed by atoms with E-state index < -0.39 is 0 Å². The van der Waals surface area contributed by atoms with E-state index >= 15 is 0 Å². The van der Waals surface area contributed by atoms with E-state index in [1.807, 2.05) is 30.3 Å². The van der Waals surface area contributed by atoms with Crippen LogP contribution in [0.25, 0.3) is 11.4 Å². The van der Waals surface area contributed by atoms with Crippen LogP contribution in [0.15, 0.2) is 54.6 Å².